The predicted octanol–water partition coefficient (Wildman–Crippen LogP) is 5.15. The molecule has 10 nitrogen and oxygen atoms in total. The van der Waals surface area contributed by atoms with Crippen LogP contribution in [0.15, 0.2) is 0 Å². The average Bonchev–Trinajstić information content (AvgIpc) is 3.10. The van der Waals surface area contributed by atoms with Crippen LogP contribution in [0.5, 0.6) is 0 Å². The Morgan fingerprint density at radius 3 is 2.16 bits per heavy atom. The van der Waals surface area contributed by atoms with Gasteiger partial charge in [0.15, 0.2) is 12.6 Å². The third-order valence-electron chi connectivity index (χ3n) is 17.5. The molecule has 1 radical (unpaired) electrons. The maximum absolute atomic E-state index is 13.5. The van der Waals surface area contributed by atoms with Gasteiger partial charge in [-0.1, -0.05) is 89.1 Å². The predicted molar refractivity (Wildman–Crippen MR) is 198 cm³/mol. The van der Waals surface area contributed by atoms with Crippen LogP contribution in [0.3, 0.4) is 0 Å². The van der Waals surface area contributed by atoms with E-state index in [2.05, 4.69) is 48.0 Å². The zero-order valence-corrected chi connectivity index (χ0v) is 39.0. The van der Waals surface area contributed by atoms with Gasteiger partial charge >= 0.3 is 0 Å². The minimum Gasteiger partial charge on any atom is -0.394 e. The van der Waals surface area contributed by atoms with Crippen molar-refractivity contribution in [2.75, 3.05) is 6.61 Å². The molecule has 2 aliphatic heterocycles. The molecular formula is C43H70O10VW-2. The Bertz CT molecular complexity index is 1370. The summed E-state index contributed by atoms with van der Waals surface area (Å²) >= 11 is 0. The van der Waals surface area contributed by atoms with E-state index < -0.39 is 67.8 Å². The molecular weight excluding hydrogens is 911 g/mol. The van der Waals surface area contributed by atoms with Crippen LogP contribution in [0.2, 0.25) is 0 Å². The first-order valence-electron chi connectivity index (χ1n) is 20.9. The van der Waals surface area contributed by atoms with Crippen LogP contribution < -0.4 is 0 Å². The van der Waals surface area contributed by atoms with Crippen molar-refractivity contribution in [3.63, 3.8) is 0 Å². The number of carbonyl (C=O) groups is 1. The smallest absolute Gasteiger partial charge is 0.187 e. The zero-order chi connectivity index (χ0) is 38.6. The second-order valence-electron chi connectivity index (χ2n) is 20.4. The van der Waals surface area contributed by atoms with Crippen LogP contribution in [-0.4, -0.2) is 99.3 Å². The Labute approximate surface area is 356 Å². The molecule has 55 heavy (non-hydrogen) atoms. The quantitative estimate of drug-likeness (QED) is 0.179. The van der Waals surface area contributed by atoms with E-state index in [1.807, 2.05) is 20.8 Å². The first-order valence-corrected chi connectivity index (χ1v) is 20.9. The summed E-state index contributed by atoms with van der Waals surface area (Å²) in [5.41, 5.74) is 0.410. The Morgan fingerprint density at radius 2 is 1.51 bits per heavy atom. The number of hydrogen-bond donors (Lipinski definition) is 5. The molecule has 5 aliphatic carbocycles. The van der Waals surface area contributed by atoms with Gasteiger partial charge in [-0.15, -0.1) is 0 Å². The van der Waals surface area contributed by atoms with Crippen molar-refractivity contribution in [1.82, 2.24) is 0 Å². The zero-order valence-electron chi connectivity index (χ0n) is 34.6. The van der Waals surface area contributed by atoms with Gasteiger partial charge in [-0.3, -0.25) is 5.92 Å². The SMILES string of the molecule is CC(=O)[C@@]12[CH-]C[C@]3(C)C(CCC4C5(C)CC[C@H](O[C@@H]6OC(C)[C@H](O)[C@H](C)C6O[C@@H]6OC(CO)[C@H](O)[C@H](O)C6O)[C-](C)[C@@H]5CC[C@@]43C)C1CC(C)(C)CC2.[V].[W]. The molecule has 0 bridgehead atoms. The third-order valence-corrected chi connectivity index (χ3v) is 17.5. The second kappa shape index (κ2) is 16.5. The number of rotatable bonds is 6. The van der Waals surface area contributed by atoms with Crippen molar-refractivity contribution in [2.24, 2.45) is 56.7 Å². The largest absolute Gasteiger partial charge is 0.394 e. The molecule has 0 aromatic heterocycles. The second-order valence-corrected chi connectivity index (χ2v) is 20.4. The Balaban J connectivity index is 0.00000290. The van der Waals surface area contributed by atoms with E-state index in [4.69, 9.17) is 18.9 Å². The molecule has 0 aromatic rings. The van der Waals surface area contributed by atoms with Gasteiger partial charge in [0.2, 0.25) is 0 Å². The van der Waals surface area contributed by atoms with Crippen molar-refractivity contribution < 1.29 is 88.9 Å². The number of ketones is 1. The van der Waals surface area contributed by atoms with Gasteiger partial charge < -0.3 is 55.7 Å². The van der Waals surface area contributed by atoms with Crippen molar-refractivity contribution >= 4 is 5.78 Å². The van der Waals surface area contributed by atoms with E-state index in [9.17, 15) is 30.3 Å². The number of aliphatic hydroxyl groups is 5. The van der Waals surface area contributed by atoms with E-state index in [1.165, 1.54) is 18.8 Å². The normalized spacial score (nSPS) is 53.6. The molecule has 7 rings (SSSR count). The van der Waals surface area contributed by atoms with Crippen molar-refractivity contribution in [1.29, 1.82) is 0 Å². The molecule has 19 atom stereocenters. The summed E-state index contributed by atoms with van der Waals surface area (Å²) in [6.07, 6.45) is 2.86. The molecule has 2 heterocycles. The molecule has 2 saturated heterocycles. The van der Waals surface area contributed by atoms with Crippen LogP contribution in [0, 0.1) is 69.0 Å². The van der Waals surface area contributed by atoms with Crippen LogP contribution in [0.4, 0.5) is 0 Å². The number of Topliss-reactive ketones (excluding diaryl/α,β-unsaturated/α-hetero) is 1. The summed E-state index contributed by atoms with van der Waals surface area (Å²) in [4.78, 5) is 13.5. The first kappa shape index (κ1) is 46.6. The van der Waals surface area contributed by atoms with Crippen LogP contribution in [0.1, 0.15) is 127 Å². The summed E-state index contributed by atoms with van der Waals surface area (Å²) in [5, 5.41) is 52.3. The summed E-state index contributed by atoms with van der Waals surface area (Å²) in [7, 11) is 0. The molecule has 5 N–H and O–H groups in total. The molecule has 7 fully saturated rings. The van der Waals surface area contributed by atoms with E-state index in [-0.39, 0.29) is 72.8 Å². The Kier molecular flexibility index (Phi) is 14.0. The van der Waals surface area contributed by atoms with Crippen molar-refractivity contribution in [3.8, 4) is 0 Å². The number of aliphatic hydroxyl groups excluding tert-OH is 5. The third kappa shape index (κ3) is 7.32. The van der Waals surface area contributed by atoms with Crippen LogP contribution in [0.25, 0.3) is 0 Å². The Morgan fingerprint density at radius 1 is 0.818 bits per heavy atom. The van der Waals surface area contributed by atoms with Gasteiger partial charge in [-0.25, -0.2) is 0 Å². The van der Waals surface area contributed by atoms with Gasteiger partial charge in [-0.05, 0) is 75.0 Å². The first-order chi connectivity index (χ1) is 24.7. The summed E-state index contributed by atoms with van der Waals surface area (Å²) in [6, 6.07) is 0. The molecule has 12 heteroatoms. The fourth-order valence-electron chi connectivity index (χ4n) is 13.9. The van der Waals surface area contributed by atoms with Gasteiger partial charge in [0.25, 0.3) is 0 Å². The van der Waals surface area contributed by atoms with E-state index in [0.717, 1.165) is 51.4 Å². The summed E-state index contributed by atoms with van der Waals surface area (Å²) in [5.74, 6) is 3.16. The summed E-state index contributed by atoms with van der Waals surface area (Å²) < 4.78 is 25.1. The molecule has 5 saturated carbocycles. The van der Waals surface area contributed by atoms with Crippen molar-refractivity contribution in [2.45, 2.75) is 188 Å². The fourth-order valence-corrected chi connectivity index (χ4v) is 13.9. The van der Waals surface area contributed by atoms with Gasteiger partial charge in [0, 0.05) is 45.5 Å². The monoisotopic (exact) mass is 981 g/mol. The van der Waals surface area contributed by atoms with Gasteiger partial charge in [0.05, 0.1) is 18.8 Å². The topological polar surface area (TPSA) is 155 Å². The van der Waals surface area contributed by atoms with Crippen LogP contribution in [-0.2, 0) is 63.4 Å². The molecule has 8 unspecified atom stereocenters. The number of carbonyl (C=O) groups excluding carboxylic acids is 1. The minimum absolute atomic E-state index is 0. The molecule has 0 amide bonds. The van der Waals surface area contributed by atoms with Gasteiger partial charge in [0.1, 0.15) is 36.3 Å². The van der Waals surface area contributed by atoms with E-state index >= 15 is 0 Å². The average molecular weight is 982 g/mol. The molecule has 0 aromatic carbocycles. The summed E-state index contributed by atoms with van der Waals surface area (Å²) in [6.45, 7) is 19.8. The number of hydrogen-bond acceptors (Lipinski definition) is 10. The molecule has 315 valence electrons. The maximum atomic E-state index is 13.5. The maximum Gasteiger partial charge on any atom is 0.187 e. The van der Waals surface area contributed by atoms with E-state index in [0.29, 0.717) is 29.5 Å². The molecule has 0 spiro atoms. The van der Waals surface area contributed by atoms with Crippen LogP contribution >= 0.6 is 0 Å². The number of fused-ring (bicyclic) bond motifs is 7. The number of ether oxygens (including phenoxy) is 4. The Hall–Kier alpha value is 0.583. The van der Waals surface area contributed by atoms with Gasteiger partial charge in [-0.2, -0.15) is 19.3 Å². The van der Waals surface area contributed by atoms with Crippen molar-refractivity contribution in [3.05, 3.63) is 12.3 Å². The van der Waals surface area contributed by atoms with E-state index in [1.54, 1.807) is 0 Å². The minimum atomic E-state index is -1.58. The molecule has 7 aliphatic rings. The standard InChI is InChI=1S/C43H70O10.V.W/c1-22-26-12-15-42(9)31(11-10-27-28-20-39(5,6)16-18-43(28,25(4)45)19-17-41(27,42)8)40(26,7)14-13-29(22)51-38-36(23(2)32(46)24(3)50-38)53-37-35(49)34(48)33(47)30(21-44)52-37;;/h19,23-24,26-38,44,46-49H,10-18,20-21H2,1-9H3;;/q-2;;/t23-,24?,26-,27?,28?,29-,30?,31?,32+,33-,34-,35?,36?,37-,38-,40?,41+,42-,43+;;/m0../s1. The fraction of sp³-hybridized carbons (Fsp3) is 0.930.